The summed E-state index contributed by atoms with van der Waals surface area (Å²) < 4.78 is 25.4. The Balaban J connectivity index is 1.43. The summed E-state index contributed by atoms with van der Waals surface area (Å²) >= 11 is 0. The van der Waals surface area contributed by atoms with Crippen LogP contribution in [0.25, 0.3) is 0 Å². The van der Waals surface area contributed by atoms with E-state index < -0.39 is 5.82 Å². The molecule has 1 aliphatic rings. The highest BCUT2D eigenvalue weighted by atomic mass is 19.1. The SMILES string of the molecule is C=CC(=O)Nc1cccc(Nc2nc(Cc3ccc(O[C@@H]4CCOC4)nc3)ncc2F)c1. The predicted octanol–water partition coefficient (Wildman–Crippen LogP) is 3.64. The molecule has 0 bridgehead atoms. The molecule has 0 aliphatic carbocycles. The summed E-state index contributed by atoms with van der Waals surface area (Å²) in [6.07, 6.45) is 5.25. The van der Waals surface area contributed by atoms with E-state index in [1.165, 1.54) is 6.08 Å². The first-order chi connectivity index (χ1) is 15.6. The van der Waals surface area contributed by atoms with Gasteiger partial charge in [-0.1, -0.05) is 18.7 Å². The van der Waals surface area contributed by atoms with E-state index in [0.29, 0.717) is 42.7 Å². The Bertz CT molecular complexity index is 1100. The number of aromatic nitrogens is 3. The van der Waals surface area contributed by atoms with Gasteiger partial charge in [0.05, 0.1) is 19.4 Å². The molecule has 1 fully saturated rings. The number of pyridine rings is 1. The molecule has 4 rings (SSSR count). The van der Waals surface area contributed by atoms with E-state index in [-0.39, 0.29) is 17.8 Å². The van der Waals surface area contributed by atoms with Gasteiger partial charge in [0.15, 0.2) is 11.6 Å². The van der Waals surface area contributed by atoms with Crippen LogP contribution in [0.1, 0.15) is 17.8 Å². The van der Waals surface area contributed by atoms with Crippen molar-refractivity contribution in [2.24, 2.45) is 0 Å². The minimum Gasteiger partial charge on any atom is -0.472 e. The monoisotopic (exact) mass is 435 g/mol. The number of benzene rings is 1. The molecule has 0 saturated carbocycles. The second-order valence-corrected chi connectivity index (χ2v) is 7.17. The molecule has 32 heavy (non-hydrogen) atoms. The molecule has 1 aromatic carbocycles. The summed E-state index contributed by atoms with van der Waals surface area (Å²) in [4.78, 5) is 24.2. The number of hydrogen-bond donors (Lipinski definition) is 2. The summed E-state index contributed by atoms with van der Waals surface area (Å²) in [7, 11) is 0. The van der Waals surface area contributed by atoms with Gasteiger partial charge in [0.25, 0.3) is 0 Å². The maximum absolute atomic E-state index is 14.3. The molecule has 2 aromatic heterocycles. The minimum absolute atomic E-state index is 0.0333. The number of carbonyl (C=O) groups excluding carboxylic acids is 1. The fourth-order valence-corrected chi connectivity index (χ4v) is 3.13. The Labute approximate surface area is 184 Å². The molecule has 164 valence electrons. The molecule has 1 aliphatic heterocycles. The van der Waals surface area contributed by atoms with E-state index in [1.54, 1.807) is 36.5 Å². The lowest BCUT2D eigenvalue weighted by Gasteiger charge is -2.11. The minimum atomic E-state index is -0.588. The maximum atomic E-state index is 14.3. The molecule has 0 unspecified atom stereocenters. The third-order valence-corrected chi connectivity index (χ3v) is 4.71. The lowest BCUT2D eigenvalue weighted by Crippen LogP contribution is -2.16. The molecule has 8 nitrogen and oxygen atoms in total. The van der Waals surface area contributed by atoms with Gasteiger partial charge in [-0.3, -0.25) is 4.79 Å². The second-order valence-electron chi connectivity index (χ2n) is 7.17. The third-order valence-electron chi connectivity index (χ3n) is 4.71. The van der Waals surface area contributed by atoms with E-state index in [2.05, 4.69) is 32.2 Å². The van der Waals surface area contributed by atoms with Crippen LogP contribution in [0.3, 0.4) is 0 Å². The molecule has 3 heterocycles. The predicted molar refractivity (Wildman–Crippen MR) is 117 cm³/mol. The molecular weight excluding hydrogens is 413 g/mol. The van der Waals surface area contributed by atoms with Crippen molar-refractivity contribution in [3.8, 4) is 5.88 Å². The number of carbonyl (C=O) groups is 1. The van der Waals surface area contributed by atoms with Gasteiger partial charge in [-0.25, -0.2) is 19.3 Å². The standard InChI is InChI=1S/C23H22FN5O3/c1-2-21(30)27-16-4-3-5-17(11-16)28-23-19(24)13-25-20(29-23)10-15-6-7-22(26-12-15)32-18-8-9-31-14-18/h2-7,11-13,18H,1,8-10,14H2,(H,27,30)(H,25,28,29)/t18-/m1/s1. The fraction of sp³-hybridized carbons (Fsp3) is 0.217. The first kappa shape index (κ1) is 21.4. The van der Waals surface area contributed by atoms with Crippen LogP contribution in [0.4, 0.5) is 21.6 Å². The van der Waals surface area contributed by atoms with Gasteiger partial charge in [-0.2, -0.15) is 0 Å². The first-order valence-corrected chi connectivity index (χ1v) is 10.1. The van der Waals surface area contributed by atoms with Crippen LogP contribution in [0.2, 0.25) is 0 Å². The number of rotatable bonds is 8. The Morgan fingerprint density at radius 2 is 2.12 bits per heavy atom. The number of halogens is 1. The van der Waals surface area contributed by atoms with Crippen molar-refractivity contribution in [3.05, 3.63) is 78.7 Å². The summed E-state index contributed by atoms with van der Waals surface area (Å²) in [5.74, 6) is 0.0882. The average Bonchev–Trinajstić information content (AvgIpc) is 3.31. The Morgan fingerprint density at radius 3 is 2.88 bits per heavy atom. The van der Waals surface area contributed by atoms with E-state index in [0.717, 1.165) is 18.2 Å². The van der Waals surface area contributed by atoms with Crippen molar-refractivity contribution in [2.75, 3.05) is 23.8 Å². The van der Waals surface area contributed by atoms with E-state index in [4.69, 9.17) is 9.47 Å². The molecule has 1 amide bonds. The quantitative estimate of drug-likeness (QED) is 0.521. The number of nitrogens with zero attached hydrogens (tertiary/aromatic N) is 3. The Hall–Kier alpha value is -3.85. The molecule has 9 heteroatoms. The summed E-state index contributed by atoms with van der Waals surface area (Å²) in [5, 5.41) is 5.58. The zero-order valence-electron chi connectivity index (χ0n) is 17.3. The average molecular weight is 435 g/mol. The van der Waals surface area contributed by atoms with Crippen LogP contribution in [-0.4, -0.2) is 40.2 Å². The van der Waals surface area contributed by atoms with Gasteiger partial charge < -0.3 is 20.1 Å². The van der Waals surface area contributed by atoms with Crippen molar-refractivity contribution in [3.63, 3.8) is 0 Å². The van der Waals surface area contributed by atoms with Crippen molar-refractivity contribution < 1.29 is 18.7 Å². The van der Waals surface area contributed by atoms with Crippen LogP contribution in [0, 0.1) is 5.82 Å². The summed E-state index contributed by atoms with van der Waals surface area (Å²) in [6, 6.07) is 10.5. The zero-order chi connectivity index (χ0) is 22.3. The zero-order valence-corrected chi connectivity index (χ0v) is 17.3. The van der Waals surface area contributed by atoms with E-state index in [1.807, 2.05) is 6.07 Å². The largest absolute Gasteiger partial charge is 0.472 e. The highest BCUT2D eigenvalue weighted by Gasteiger charge is 2.17. The first-order valence-electron chi connectivity index (χ1n) is 10.1. The topological polar surface area (TPSA) is 98.3 Å². The molecule has 0 spiro atoms. The number of ether oxygens (including phenoxy) is 2. The fourth-order valence-electron chi connectivity index (χ4n) is 3.13. The van der Waals surface area contributed by atoms with Gasteiger partial charge in [-0.15, -0.1) is 0 Å². The van der Waals surface area contributed by atoms with Crippen molar-refractivity contribution in [1.82, 2.24) is 15.0 Å². The van der Waals surface area contributed by atoms with Crippen LogP contribution in [0.15, 0.2) is 61.4 Å². The summed E-state index contributed by atoms with van der Waals surface area (Å²) in [5.41, 5.74) is 1.98. The smallest absolute Gasteiger partial charge is 0.247 e. The van der Waals surface area contributed by atoms with Gasteiger partial charge in [0, 0.05) is 36.5 Å². The normalized spacial score (nSPS) is 15.2. The van der Waals surface area contributed by atoms with Crippen LogP contribution in [-0.2, 0) is 16.0 Å². The Morgan fingerprint density at radius 1 is 1.25 bits per heavy atom. The molecular formula is C23H22FN5O3. The van der Waals surface area contributed by atoms with Gasteiger partial charge in [0.1, 0.15) is 11.9 Å². The van der Waals surface area contributed by atoms with Crippen LogP contribution in [0.5, 0.6) is 5.88 Å². The lowest BCUT2D eigenvalue weighted by molar-refractivity contribution is -0.111. The third kappa shape index (κ3) is 5.64. The lowest BCUT2D eigenvalue weighted by atomic mass is 10.2. The maximum Gasteiger partial charge on any atom is 0.247 e. The molecule has 0 radical (unpaired) electrons. The van der Waals surface area contributed by atoms with Crippen molar-refractivity contribution in [2.45, 2.75) is 18.9 Å². The Kier molecular flexibility index (Phi) is 6.66. The van der Waals surface area contributed by atoms with Crippen LogP contribution < -0.4 is 15.4 Å². The molecule has 2 N–H and O–H groups in total. The molecule has 3 aromatic rings. The van der Waals surface area contributed by atoms with Gasteiger partial charge in [0.2, 0.25) is 11.8 Å². The van der Waals surface area contributed by atoms with Crippen LogP contribution >= 0.6 is 0 Å². The van der Waals surface area contributed by atoms with Crippen molar-refractivity contribution >= 4 is 23.1 Å². The number of hydrogen-bond acceptors (Lipinski definition) is 7. The summed E-state index contributed by atoms with van der Waals surface area (Å²) in [6.45, 7) is 4.70. The van der Waals surface area contributed by atoms with Crippen molar-refractivity contribution in [1.29, 1.82) is 0 Å². The van der Waals surface area contributed by atoms with Gasteiger partial charge in [-0.05, 0) is 29.8 Å². The highest BCUT2D eigenvalue weighted by molar-refractivity contribution is 5.99. The van der Waals surface area contributed by atoms with E-state index in [9.17, 15) is 9.18 Å². The molecule has 1 atom stereocenters. The number of amides is 1. The number of nitrogens with one attached hydrogen (secondary N) is 2. The second kappa shape index (κ2) is 9.97. The number of anilines is 3. The van der Waals surface area contributed by atoms with Gasteiger partial charge >= 0.3 is 0 Å². The molecule has 1 saturated heterocycles. The highest BCUT2D eigenvalue weighted by Crippen LogP contribution is 2.22. The van der Waals surface area contributed by atoms with E-state index >= 15 is 0 Å².